The highest BCUT2D eigenvalue weighted by molar-refractivity contribution is 6.28. The lowest BCUT2D eigenvalue weighted by Gasteiger charge is -2.23. The molecule has 1 heterocycles. The lowest BCUT2D eigenvalue weighted by molar-refractivity contribution is 0.591. The van der Waals surface area contributed by atoms with E-state index in [2.05, 4.69) is 147 Å². The molecule has 0 atom stereocenters. The number of benzene rings is 7. The molecular weight excluding hydrogens is 506 g/mol. The van der Waals surface area contributed by atoms with E-state index in [1.54, 1.807) is 0 Å². The van der Waals surface area contributed by atoms with Gasteiger partial charge in [-0.05, 0) is 106 Å². The van der Waals surface area contributed by atoms with Crippen molar-refractivity contribution in [3.63, 3.8) is 0 Å². The van der Waals surface area contributed by atoms with Gasteiger partial charge in [0.1, 0.15) is 0 Å². The number of fused-ring (bicyclic) bond motifs is 1. The molecule has 0 amide bonds. The van der Waals surface area contributed by atoms with Gasteiger partial charge >= 0.3 is 0 Å². The first-order chi connectivity index (χ1) is 20.5. The fourth-order valence-corrected chi connectivity index (χ4v) is 6.66. The molecule has 0 saturated heterocycles. The summed E-state index contributed by atoms with van der Waals surface area (Å²) in [7, 11) is 0. The maximum absolute atomic E-state index is 4.31. The summed E-state index contributed by atoms with van der Waals surface area (Å²) >= 11 is 0. The van der Waals surface area contributed by atoms with E-state index in [9.17, 15) is 0 Å². The zero-order chi connectivity index (χ0) is 28.4. The summed E-state index contributed by atoms with van der Waals surface area (Å²) in [5, 5.41) is 10.4. The summed E-state index contributed by atoms with van der Waals surface area (Å²) in [6, 6.07) is 45.0. The van der Waals surface area contributed by atoms with E-state index in [0.717, 1.165) is 0 Å². The molecule has 0 N–H and O–H groups in total. The number of pyridine rings is 1. The van der Waals surface area contributed by atoms with E-state index in [1.165, 1.54) is 82.0 Å². The molecule has 0 aliphatic rings. The maximum Gasteiger partial charge on any atom is 0.0273 e. The number of hydrogen-bond acceptors (Lipinski definition) is 1. The molecule has 0 fully saturated rings. The largest absolute Gasteiger partial charge is 0.265 e. The van der Waals surface area contributed by atoms with Crippen LogP contribution in [0, 0.1) is 0 Å². The van der Waals surface area contributed by atoms with E-state index >= 15 is 0 Å². The summed E-state index contributed by atoms with van der Waals surface area (Å²) in [6.07, 6.45) is 3.78. The number of aromatic nitrogens is 1. The average molecular weight is 538 g/mol. The summed E-state index contributed by atoms with van der Waals surface area (Å²) in [4.78, 5) is 4.31. The predicted molar refractivity (Wildman–Crippen MR) is 180 cm³/mol. The van der Waals surface area contributed by atoms with Crippen LogP contribution >= 0.6 is 0 Å². The Morgan fingerprint density at radius 3 is 1.64 bits per heavy atom. The highest BCUT2D eigenvalue weighted by Gasteiger charge is 2.20. The van der Waals surface area contributed by atoms with Crippen LogP contribution in [0.5, 0.6) is 0 Å². The van der Waals surface area contributed by atoms with Crippen LogP contribution in [0.3, 0.4) is 0 Å². The molecule has 0 spiro atoms. The molecule has 8 aromatic rings. The molecule has 8 rings (SSSR count). The second kappa shape index (κ2) is 9.26. The molecule has 200 valence electrons. The van der Waals surface area contributed by atoms with Gasteiger partial charge in [0.25, 0.3) is 0 Å². The van der Waals surface area contributed by atoms with Gasteiger partial charge in [-0.3, -0.25) is 4.98 Å². The van der Waals surface area contributed by atoms with E-state index in [4.69, 9.17) is 0 Å². The maximum atomic E-state index is 4.31. The molecule has 0 saturated carbocycles. The summed E-state index contributed by atoms with van der Waals surface area (Å²) in [5.41, 5.74) is 8.87. The Labute approximate surface area is 246 Å². The van der Waals surface area contributed by atoms with E-state index in [0.29, 0.717) is 0 Å². The van der Waals surface area contributed by atoms with E-state index < -0.39 is 0 Å². The van der Waals surface area contributed by atoms with Gasteiger partial charge in [0.15, 0.2) is 0 Å². The average Bonchev–Trinajstić information content (AvgIpc) is 3.03. The van der Waals surface area contributed by atoms with Crippen molar-refractivity contribution >= 4 is 43.1 Å². The highest BCUT2D eigenvalue weighted by atomic mass is 14.6. The first-order valence-corrected chi connectivity index (χ1v) is 14.7. The molecule has 0 bridgehead atoms. The number of nitrogens with zero attached hydrogens (tertiary/aromatic N) is 1. The van der Waals surface area contributed by atoms with Crippen molar-refractivity contribution in [1.29, 1.82) is 0 Å². The quantitative estimate of drug-likeness (QED) is 0.204. The smallest absolute Gasteiger partial charge is 0.0273 e. The van der Waals surface area contributed by atoms with Crippen LogP contribution in [-0.2, 0) is 5.41 Å². The Bertz CT molecular complexity index is 2230. The number of hydrogen-bond donors (Lipinski definition) is 0. The van der Waals surface area contributed by atoms with Crippen LogP contribution in [-0.4, -0.2) is 4.98 Å². The van der Waals surface area contributed by atoms with Crippen molar-refractivity contribution < 1.29 is 0 Å². The molecule has 0 radical (unpaired) electrons. The lowest BCUT2D eigenvalue weighted by atomic mass is 9.81. The van der Waals surface area contributed by atoms with Crippen molar-refractivity contribution in [2.24, 2.45) is 0 Å². The minimum Gasteiger partial charge on any atom is -0.265 e. The summed E-state index contributed by atoms with van der Waals surface area (Å²) in [6.45, 7) is 6.88. The Morgan fingerprint density at radius 2 is 1.00 bits per heavy atom. The van der Waals surface area contributed by atoms with Gasteiger partial charge in [-0.25, -0.2) is 0 Å². The van der Waals surface area contributed by atoms with Crippen LogP contribution in [0.25, 0.3) is 76.5 Å². The Morgan fingerprint density at radius 1 is 0.429 bits per heavy atom. The SMILES string of the molecule is CC(C)(C)c1cc2ccc3c(-c4ccncc4)cc(-c4ccc(-c5cccc6ccccc56)cc4)c4ccc(c1)c2c34. The predicted octanol–water partition coefficient (Wildman–Crippen LogP) is 11.4. The monoisotopic (exact) mass is 537 g/mol. The fourth-order valence-electron chi connectivity index (χ4n) is 6.66. The minimum absolute atomic E-state index is 0.0869. The van der Waals surface area contributed by atoms with Gasteiger partial charge in [0.05, 0.1) is 0 Å². The molecule has 0 aliphatic heterocycles. The third-order valence-electron chi connectivity index (χ3n) is 8.87. The highest BCUT2D eigenvalue weighted by Crippen LogP contribution is 2.45. The van der Waals surface area contributed by atoms with Crippen molar-refractivity contribution in [2.45, 2.75) is 26.2 Å². The minimum atomic E-state index is 0.0869. The van der Waals surface area contributed by atoms with Crippen molar-refractivity contribution in [2.75, 3.05) is 0 Å². The first kappa shape index (κ1) is 24.8. The van der Waals surface area contributed by atoms with Gasteiger partial charge < -0.3 is 0 Å². The van der Waals surface area contributed by atoms with Crippen LogP contribution in [0.2, 0.25) is 0 Å². The van der Waals surface area contributed by atoms with Crippen LogP contribution < -0.4 is 0 Å². The second-order valence-electron chi connectivity index (χ2n) is 12.5. The summed E-state index contributed by atoms with van der Waals surface area (Å²) < 4.78 is 0. The Balaban J connectivity index is 1.39. The molecular formula is C41H31N. The van der Waals surface area contributed by atoms with Crippen LogP contribution in [0.4, 0.5) is 0 Å². The van der Waals surface area contributed by atoms with E-state index in [1.807, 2.05) is 12.4 Å². The zero-order valence-corrected chi connectivity index (χ0v) is 24.1. The van der Waals surface area contributed by atoms with Crippen LogP contribution in [0.1, 0.15) is 26.3 Å². The molecule has 1 heteroatoms. The topological polar surface area (TPSA) is 12.9 Å². The standard InChI is InChI=1S/C41H31N/c1-41(2,3)32-23-30-15-17-35-37(28-13-11-27(12-14-28)34-10-6-8-26-7-4-5-9-33(26)34)25-38(29-19-21-42-22-20-29)36-18-16-31(24-32)39(30)40(35)36/h4-25H,1-3H3. The van der Waals surface area contributed by atoms with Crippen molar-refractivity contribution in [3.8, 4) is 33.4 Å². The third-order valence-corrected chi connectivity index (χ3v) is 8.87. The van der Waals surface area contributed by atoms with Crippen LogP contribution in [0.15, 0.2) is 134 Å². The van der Waals surface area contributed by atoms with Crippen molar-refractivity contribution in [1.82, 2.24) is 4.98 Å². The Hall–Kier alpha value is -5.01. The molecule has 42 heavy (non-hydrogen) atoms. The van der Waals surface area contributed by atoms with Gasteiger partial charge in [-0.1, -0.05) is 124 Å². The van der Waals surface area contributed by atoms with Gasteiger partial charge in [0.2, 0.25) is 0 Å². The molecule has 7 aromatic carbocycles. The molecule has 0 aliphatic carbocycles. The zero-order valence-electron chi connectivity index (χ0n) is 24.1. The normalized spacial score (nSPS) is 12.2. The lowest BCUT2D eigenvalue weighted by Crippen LogP contribution is -2.10. The fraction of sp³-hybridized carbons (Fsp3) is 0.0976. The molecule has 0 unspecified atom stereocenters. The van der Waals surface area contributed by atoms with E-state index in [-0.39, 0.29) is 5.41 Å². The first-order valence-electron chi connectivity index (χ1n) is 14.7. The molecule has 1 nitrogen and oxygen atoms in total. The second-order valence-corrected chi connectivity index (χ2v) is 12.5. The van der Waals surface area contributed by atoms with Gasteiger partial charge in [-0.2, -0.15) is 0 Å². The summed E-state index contributed by atoms with van der Waals surface area (Å²) in [5.74, 6) is 0. The van der Waals surface area contributed by atoms with Crippen molar-refractivity contribution in [3.05, 3.63) is 139 Å². The molecule has 1 aromatic heterocycles. The van der Waals surface area contributed by atoms with Gasteiger partial charge in [0, 0.05) is 12.4 Å². The Kier molecular flexibility index (Phi) is 5.46. The number of rotatable bonds is 3. The van der Waals surface area contributed by atoms with Gasteiger partial charge in [-0.15, -0.1) is 0 Å². The third kappa shape index (κ3) is 3.89.